The van der Waals surface area contributed by atoms with Gasteiger partial charge >= 0.3 is 0 Å². The highest BCUT2D eigenvalue weighted by molar-refractivity contribution is 7.95. The molecule has 0 saturated heterocycles. The van der Waals surface area contributed by atoms with Gasteiger partial charge in [-0.05, 0) is 49.9 Å². The van der Waals surface area contributed by atoms with Crippen molar-refractivity contribution in [1.82, 2.24) is 0 Å². The van der Waals surface area contributed by atoms with Crippen molar-refractivity contribution in [2.24, 2.45) is 5.92 Å². The van der Waals surface area contributed by atoms with Gasteiger partial charge in [-0.15, -0.1) is 0 Å². The summed E-state index contributed by atoms with van der Waals surface area (Å²) in [5.74, 6) is 2.32. The maximum absolute atomic E-state index is 2.38. The quantitative estimate of drug-likeness (QED) is 0.455. The summed E-state index contributed by atoms with van der Waals surface area (Å²) in [6.45, 7) is 6.74. The molecule has 78 valence electrons. The highest BCUT2D eigenvalue weighted by Crippen LogP contribution is 2.12. The first-order valence-corrected chi connectivity index (χ1v) is 7.41. The van der Waals surface area contributed by atoms with Crippen LogP contribution in [-0.4, -0.2) is 18.3 Å². The van der Waals surface area contributed by atoms with Crippen LogP contribution < -0.4 is 0 Å². The monoisotopic (exact) mass is 201 g/mol. The Balaban J connectivity index is 3.40. The van der Waals surface area contributed by atoms with Gasteiger partial charge in [0.05, 0.1) is 12.5 Å². The fourth-order valence-corrected chi connectivity index (χ4v) is 2.11. The van der Waals surface area contributed by atoms with Crippen LogP contribution in [-0.2, 0) is 10.9 Å². The lowest BCUT2D eigenvalue weighted by atomic mass is 10.0. The number of allylic oxidation sites excluding steroid dienone is 2. The van der Waals surface area contributed by atoms with Crippen LogP contribution in [0.1, 0.15) is 40.0 Å². The zero-order valence-corrected chi connectivity index (χ0v) is 10.7. The molecule has 0 nitrogen and oxygen atoms in total. The van der Waals surface area contributed by atoms with E-state index in [1.807, 2.05) is 0 Å². The Morgan fingerprint density at radius 3 is 2.31 bits per heavy atom. The summed E-state index contributed by atoms with van der Waals surface area (Å²) in [5, 5.41) is 0. The standard InChI is InChI=1S/C12H25S/c1-11(2)7-6-8-12(3)9-10-13(4)5/h7,12H,6,8-10H2,1-5H3/q+1. The molecule has 0 N–H and O–H groups in total. The van der Waals surface area contributed by atoms with Gasteiger partial charge in [-0.3, -0.25) is 0 Å². The Morgan fingerprint density at radius 2 is 1.85 bits per heavy atom. The summed E-state index contributed by atoms with van der Waals surface area (Å²) in [7, 11) is 0.634. The van der Waals surface area contributed by atoms with Gasteiger partial charge < -0.3 is 0 Å². The predicted molar refractivity (Wildman–Crippen MR) is 66.5 cm³/mol. The SMILES string of the molecule is CC(C)=CCCC(C)CC[S+](C)C. The Bertz CT molecular complexity index is 143. The summed E-state index contributed by atoms with van der Waals surface area (Å²) in [6.07, 6.45) is 11.1. The molecule has 0 amide bonds. The van der Waals surface area contributed by atoms with E-state index in [2.05, 4.69) is 39.4 Å². The van der Waals surface area contributed by atoms with Gasteiger partial charge in [-0.2, -0.15) is 0 Å². The highest BCUT2D eigenvalue weighted by atomic mass is 32.2. The molecule has 0 rings (SSSR count). The first kappa shape index (κ1) is 13.1. The second kappa shape index (κ2) is 7.49. The average molecular weight is 201 g/mol. The minimum atomic E-state index is 0.634. The van der Waals surface area contributed by atoms with Gasteiger partial charge in [-0.25, -0.2) is 0 Å². The van der Waals surface area contributed by atoms with Crippen molar-refractivity contribution in [3.63, 3.8) is 0 Å². The van der Waals surface area contributed by atoms with E-state index in [1.165, 1.54) is 30.6 Å². The topological polar surface area (TPSA) is 0 Å². The van der Waals surface area contributed by atoms with Gasteiger partial charge in [0, 0.05) is 0 Å². The molecule has 13 heavy (non-hydrogen) atoms. The normalized spacial score (nSPS) is 13.1. The summed E-state index contributed by atoms with van der Waals surface area (Å²) in [6, 6.07) is 0. The lowest BCUT2D eigenvalue weighted by Gasteiger charge is -2.07. The van der Waals surface area contributed by atoms with Crippen molar-refractivity contribution in [3.05, 3.63) is 11.6 Å². The molecule has 0 heterocycles. The molecule has 0 aromatic carbocycles. The minimum absolute atomic E-state index is 0.634. The molecule has 0 fully saturated rings. The third-order valence-corrected chi connectivity index (χ3v) is 3.28. The summed E-state index contributed by atoms with van der Waals surface area (Å²) in [4.78, 5) is 0. The van der Waals surface area contributed by atoms with Crippen molar-refractivity contribution in [2.75, 3.05) is 18.3 Å². The molecule has 0 aromatic heterocycles. The molecule has 0 aliphatic heterocycles. The average Bonchev–Trinajstić information content (AvgIpc) is 2.00. The Morgan fingerprint density at radius 1 is 1.23 bits per heavy atom. The van der Waals surface area contributed by atoms with Gasteiger partial charge in [-0.1, -0.05) is 18.6 Å². The molecule has 0 aliphatic carbocycles. The summed E-state index contributed by atoms with van der Waals surface area (Å²) < 4.78 is 0. The lowest BCUT2D eigenvalue weighted by Crippen LogP contribution is -2.06. The Labute approximate surface area is 87.2 Å². The molecule has 0 aromatic rings. The van der Waals surface area contributed by atoms with E-state index < -0.39 is 0 Å². The van der Waals surface area contributed by atoms with E-state index in [1.54, 1.807) is 0 Å². The third kappa shape index (κ3) is 10.0. The van der Waals surface area contributed by atoms with Crippen LogP contribution in [0, 0.1) is 5.92 Å². The number of rotatable bonds is 6. The first-order chi connectivity index (χ1) is 6.02. The minimum Gasteiger partial charge on any atom is -0.0859 e. The molecular weight excluding hydrogens is 176 g/mol. The molecule has 1 heteroatoms. The third-order valence-electron chi connectivity index (χ3n) is 2.23. The molecule has 0 aliphatic rings. The van der Waals surface area contributed by atoms with Crippen molar-refractivity contribution >= 4 is 10.9 Å². The van der Waals surface area contributed by atoms with Crippen LogP contribution in [0.15, 0.2) is 11.6 Å². The van der Waals surface area contributed by atoms with E-state index in [-0.39, 0.29) is 0 Å². The van der Waals surface area contributed by atoms with Crippen LogP contribution in [0.3, 0.4) is 0 Å². The van der Waals surface area contributed by atoms with Crippen LogP contribution in [0.5, 0.6) is 0 Å². The molecule has 0 bridgehead atoms. The maximum atomic E-state index is 2.38. The van der Waals surface area contributed by atoms with E-state index in [9.17, 15) is 0 Å². The van der Waals surface area contributed by atoms with Gasteiger partial charge in [0.25, 0.3) is 0 Å². The van der Waals surface area contributed by atoms with Crippen molar-refractivity contribution in [2.45, 2.75) is 40.0 Å². The van der Waals surface area contributed by atoms with Crippen LogP contribution in [0.2, 0.25) is 0 Å². The second-order valence-electron chi connectivity index (χ2n) is 4.44. The van der Waals surface area contributed by atoms with E-state index >= 15 is 0 Å². The molecule has 1 unspecified atom stereocenters. The number of hydrogen-bond donors (Lipinski definition) is 0. The lowest BCUT2D eigenvalue weighted by molar-refractivity contribution is 0.524. The van der Waals surface area contributed by atoms with E-state index in [4.69, 9.17) is 0 Å². The van der Waals surface area contributed by atoms with Crippen LogP contribution >= 0.6 is 0 Å². The molecule has 0 radical (unpaired) electrons. The van der Waals surface area contributed by atoms with Crippen LogP contribution in [0.25, 0.3) is 0 Å². The smallest absolute Gasteiger partial charge is 0.0859 e. The van der Waals surface area contributed by atoms with Crippen molar-refractivity contribution in [1.29, 1.82) is 0 Å². The second-order valence-corrected chi connectivity index (χ2v) is 6.82. The molecule has 1 atom stereocenters. The van der Waals surface area contributed by atoms with Crippen molar-refractivity contribution in [3.8, 4) is 0 Å². The summed E-state index contributed by atoms with van der Waals surface area (Å²) in [5.41, 5.74) is 1.46. The first-order valence-electron chi connectivity index (χ1n) is 5.20. The zero-order chi connectivity index (χ0) is 10.3. The van der Waals surface area contributed by atoms with E-state index in [0.29, 0.717) is 10.9 Å². The van der Waals surface area contributed by atoms with Gasteiger partial charge in [0.2, 0.25) is 0 Å². The highest BCUT2D eigenvalue weighted by Gasteiger charge is 2.07. The largest absolute Gasteiger partial charge is 0.107 e. The molecule has 0 spiro atoms. The van der Waals surface area contributed by atoms with Gasteiger partial charge in [0.1, 0.15) is 5.75 Å². The summed E-state index contributed by atoms with van der Waals surface area (Å²) >= 11 is 0. The molecular formula is C12H25S+. The fraction of sp³-hybridized carbons (Fsp3) is 0.833. The Hall–Kier alpha value is 0.0900. The van der Waals surface area contributed by atoms with Gasteiger partial charge in [0.15, 0.2) is 0 Å². The van der Waals surface area contributed by atoms with E-state index in [0.717, 1.165) is 5.92 Å². The number of hydrogen-bond acceptors (Lipinski definition) is 0. The molecule has 0 saturated carbocycles. The fourth-order valence-electron chi connectivity index (χ4n) is 1.24. The van der Waals surface area contributed by atoms with Crippen molar-refractivity contribution < 1.29 is 0 Å². The zero-order valence-electron chi connectivity index (χ0n) is 9.89. The Kier molecular flexibility index (Phi) is 7.54. The predicted octanol–water partition coefficient (Wildman–Crippen LogP) is 3.64. The van der Waals surface area contributed by atoms with Crippen LogP contribution in [0.4, 0.5) is 0 Å². The maximum Gasteiger partial charge on any atom is 0.107 e.